The molecule has 0 radical (unpaired) electrons. The second kappa shape index (κ2) is 8.60. The predicted molar refractivity (Wildman–Crippen MR) is 78.9 cm³/mol. The summed E-state index contributed by atoms with van der Waals surface area (Å²) in [7, 11) is 0. The van der Waals surface area contributed by atoms with E-state index < -0.39 is 18.3 Å². The third-order valence-corrected chi connectivity index (χ3v) is 3.54. The minimum atomic E-state index is -4.18. The van der Waals surface area contributed by atoms with E-state index in [2.05, 4.69) is 11.4 Å². The number of hydrogen-bond acceptors (Lipinski definition) is 3. The average Bonchev–Trinajstić information content (AvgIpc) is 2.34. The molecule has 21 heavy (non-hydrogen) atoms. The Morgan fingerprint density at radius 3 is 2.10 bits per heavy atom. The van der Waals surface area contributed by atoms with Crippen molar-refractivity contribution in [1.29, 1.82) is 5.26 Å². The Balaban J connectivity index is 4.56. The molecule has 1 unspecified atom stereocenters. The zero-order valence-electron chi connectivity index (χ0n) is 13.7. The Bertz CT molecular complexity index is 334. The van der Waals surface area contributed by atoms with Crippen molar-refractivity contribution in [2.45, 2.75) is 77.7 Å². The quantitative estimate of drug-likeness (QED) is 0.706. The van der Waals surface area contributed by atoms with Crippen LogP contribution in [0.2, 0.25) is 0 Å². The van der Waals surface area contributed by atoms with Crippen molar-refractivity contribution < 1.29 is 13.2 Å². The van der Waals surface area contributed by atoms with Gasteiger partial charge in [0, 0.05) is 12.1 Å². The van der Waals surface area contributed by atoms with E-state index in [-0.39, 0.29) is 12.1 Å². The molecule has 0 saturated heterocycles. The van der Waals surface area contributed by atoms with Crippen LogP contribution in [0, 0.1) is 11.3 Å². The lowest BCUT2D eigenvalue weighted by molar-refractivity contribution is -0.149. The maximum Gasteiger partial charge on any atom is 0.401 e. The lowest BCUT2D eigenvalue weighted by atomic mass is 9.91. The number of hydrogen-bond donors (Lipinski definition) is 1. The topological polar surface area (TPSA) is 39.1 Å². The number of alkyl halides is 3. The van der Waals surface area contributed by atoms with Gasteiger partial charge in [-0.15, -0.1) is 0 Å². The van der Waals surface area contributed by atoms with Gasteiger partial charge in [-0.2, -0.15) is 18.4 Å². The zero-order valence-corrected chi connectivity index (χ0v) is 13.7. The molecule has 0 aliphatic rings. The summed E-state index contributed by atoms with van der Waals surface area (Å²) < 4.78 is 37.6. The van der Waals surface area contributed by atoms with Gasteiger partial charge in [-0.3, -0.25) is 10.2 Å². The summed E-state index contributed by atoms with van der Waals surface area (Å²) >= 11 is 0. The van der Waals surface area contributed by atoms with Crippen LogP contribution in [0.1, 0.15) is 53.9 Å². The summed E-state index contributed by atoms with van der Waals surface area (Å²) in [6.45, 7) is 8.82. The van der Waals surface area contributed by atoms with Crippen LogP contribution in [0.3, 0.4) is 0 Å². The van der Waals surface area contributed by atoms with Crippen LogP contribution >= 0.6 is 0 Å². The van der Waals surface area contributed by atoms with Gasteiger partial charge >= 0.3 is 6.18 Å². The summed E-state index contributed by atoms with van der Waals surface area (Å²) in [6, 6.07) is 2.30. The van der Waals surface area contributed by atoms with E-state index in [4.69, 9.17) is 0 Å². The number of nitriles is 1. The molecule has 0 aromatic heterocycles. The molecule has 0 aliphatic carbocycles. The lowest BCUT2D eigenvalue weighted by Gasteiger charge is -2.32. The Labute approximate surface area is 126 Å². The molecule has 0 heterocycles. The molecular formula is C15H28F3N3. The van der Waals surface area contributed by atoms with Gasteiger partial charge in [-0.25, -0.2) is 0 Å². The molecule has 0 aliphatic heterocycles. The molecule has 0 aromatic carbocycles. The molecule has 3 nitrogen and oxygen atoms in total. The van der Waals surface area contributed by atoms with Crippen molar-refractivity contribution in [1.82, 2.24) is 10.2 Å². The van der Waals surface area contributed by atoms with Gasteiger partial charge in [0.1, 0.15) is 5.54 Å². The van der Waals surface area contributed by atoms with E-state index in [0.717, 1.165) is 0 Å². The number of rotatable bonds is 9. The summed E-state index contributed by atoms with van der Waals surface area (Å²) in [5, 5.41) is 12.6. The van der Waals surface area contributed by atoms with Crippen molar-refractivity contribution in [3.63, 3.8) is 0 Å². The number of nitrogens with zero attached hydrogens (tertiary/aromatic N) is 2. The number of nitrogens with one attached hydrogen (secondary N) is 1. The second-order valence-electron chi connectivity index (χ2n) is 6.13. The first-order chi connectivity index (χ1) is 9.55. The van der Waals surface area contributed by atoms with Gasteiger partial charge in [0.05, 0.1) is 12.6 Å². The normalized spacial score (nSPS) is 15.5. The standard InChI is InChI=1S/C15H28F3N3/c1-6-14(10-19,20-12(2)3)8-7-9-21(13(4)5)11-15(16,17)18/h12-13,20H,6-9,11H2,1-5H3. The smallest absolute Gasteiger partial charge is 0.297 e. The molecule has 0 bridgehead atoms. The maximum atomic E-state index is 12.5. The van der Waals surface area contributed by atoms with E-state index >= 15 is 0 Å². The fourth-order valence-electron chi connectivity index (χ4n) is 2.40. The molecule has 0 rings (SSSR count). The lowest BCUT2D eigenvalue weighted by Crippen LogP contribution is -2.48. The van der Waals surface area contributed by atoms with Crippen LogP contribution < -0.4 is 5.32 Å². The summed E-state index contributed by atoms with van der Waals surface area (Å²) in [5.74, 6) is 0. The maximum absolute atomic E-state index is 12.5. The fourth-order valence-corrected chi connectivity index (χ4v) is 2.40. The third kappa shape index (κ3) is 8.27. The van der Waals surface area contributed by atoms with Crippen LogP contribution in [-0.4, -0.2) is 41.8 Å². The van der Waals surface area contributed by atoms with Gasteiger partial charge in [0.2, 0.25) is 0 Å². The summed E-state index contributed by atoms with van der Waals surface area (Å²) in [5.41, 5.74) is -0.644. The second-order valence-corrected chi connectivity index (χ2v) is 6.13. The van der Waals surface area contributed by atoms with Crippen molar-refractivity contribution in [2.24, 2.45) is 0 Å². The zero-order chi connectivity index (χ0) is 16.7. The first-order valence-electron chi connectivity index (χ1n) is 7.55. The Morgan fingerprint density at radius 1 is 1.19 bits per heavy atom. The van der Waals surface area contributed by atoms with Crippen molar-refractivity contribution in [3.05, 3.63) is 0 Å². The van der Waals surface area contributed by atoms with Crippen molar-refractivity contribution in [2.75, 3.05) is 13.1 Å². The molecule has 1 atom stereocenters. The number of halogens is 3. The van der Waals surface area contributed by atoms with Crippen molar-refractivity contribution >= 4 is 0 Å². The molecule has 0 fully saturated rings. The highest BCUT2D eigenvalue weighted by Gasteiger charge is 2.32. The van der Waals surface area contributed by atoms with E-state index in [9.17, 15) is 18.4 Å². The summed E-state index contributed by atoms with van der Waals surface area (Å²) in [4.78, 5) is 1.41. The van der Waals surface area contributed by atoms with Crippen LogP contribution in [0.25, 0.3) is 0 Å². The molecule has 6 heteroatoms. The molecular weight excluding hydrogens is 279 g/mol. The molecule has 0 spiro atoms. The first-order valence-corrected chi connectivity index (χ1v) is 7.55. The van der Waals surface area contributed by atoms with Gasteiger partial charge in [-0.1, -0.05) is 6.92 Å². The van der Waals surface area contributed by atoms with Crippen molar-refractivity contribution in [3.8, 4) is 6.07 Å². The van der Waals surface area contributed by atoms with Crippen LogP contribution in [0.5, 0.6) is 0 Å². The minimum absolute atomic E-state index is 0.164. The highest BCUT2D eigenvalue weighted by atomic mass is 19.4. The van der Waals surface area contributed by atoms with E-state index in [1.54, 1.807) is 13.8 Å². The van der Waals surface area contributed by atoms with E-state index in [0.29, 0.717) is 25.8 Å². The largest absolute Gasteiger partial charge is 0.401 e. The monoisotopic (exact) mass is 307 g/mol. The molecule has 0 saturated carbocycles. The predicted octanol–water partition coefficient (Wildman–Crippen LogP) is 3.71. The van der Waals surface area contributed by atoms with Gasteiger partial charge < -0.3 is 0 Å². The Hall–Kier alpha value is -0.800. The third-order valence-electron chi connectivity index (χ3n) is 3.54. The molecule has 0 amide bonds. The minimum Gasteiger partial charge on any atom is -0.297 e. The van der Waals surface area contributed by atoms with E-state index in [1.807, 2.05) is 20.8 Å². The highest BCUT2D eigenvalue weighted by molar-refractivity contribution is 5.06. The van der Waals surface area contributed by atoms with Gasteiger partial charge in [-0.05, 0) is 53.5 Å². The van der Waals surface area contributed by atoms with Gasteiger partial charge in [0.15, 0.2) is 0 Å². The molecule has 1 N–H and O–H groups in total. The van der Waals surface area contributed by atoms with E-state index in [1.165, 1.54) is 4.90 Å². The highest BCUT2D eigenvalue weighted by Crippen LogP contribution is 2.21. The SMILES string of the molecule is CCC(C#N)(CCCN(CC(F)(F)F)C(C)C)NC(C)C. The average molecular weight is 307 g/mol. The van der Waals surface area contributed by atoms with Crippen LogP contribution in [0.15, 0.2) is 0 Å². The van der Waals surface area contributed by atoms with Gasteiger partial charge in [0.25, 0.3) is 0 Å². The fraction of sp³-hybridized carbons (Fsp3) is 0.933. The Morgan fingerprint density at radius 2 is 1.76 bits per heavy atom. The summed E-state index contributed by atoms with van der Waals surface area (Å²) in [6.07, 6.45) is -2.42. The van der Waals surface area contributed by atoms with Crippen LogP contribution in [0.4, 0.5) is 13.2 Å². The molecule has 0 aromatic rings. The molecule has 124 valence electrons. The van der Waals surface area contributed by atoms with Crippen LogP contribution in [-0.2, 0) is 0 Å². The Kier molecular flexibility index (Phi) is 8.27. The first kappa shape index (κ1) is 20.2.